The Morgan fingerprint density at radius 3 is 2.47 bits per heavy atom. The number of hydrogen-bond donors (Lipinski definition) is 0. The fraction of sp³-hybridized carbons (Fsp3) is 0.350. The molecule has 0 aliphatic carbocycles. The SMILES string of the molecule is COc1ccc(C2CCN(C(=O)c3cc(OCC(F)(F)F)ccc3[N+](=O)[O-])C2)cc1. The number of halogens is 3. The highest BCUT2D eigenvalue weighted by atomic mass is 19.4. The van der Waals surface area contributed by atoms with E-state index in [-0.39, 0.29) is 17.2 Å². The third-order valence-electron chi connectivity index (χ3n) is 4.86. The van der Waals surface area contributed by atoms with Crippen LogP contribution in [-0.2, 0) is 0 Å². The molecule has 1 amide bonds. The van der Waals surface area contributed by atoms with E-state index in [1.54, 1.807) is 7.11 Å². The maximum Gasteiger partial charge on any atom is 0.422 e. The van der Waals surface area contributed by atoms with Crippen LogP contribution >= 0.6 is 0 Å². The molecule has 160 valence electrons. The number of carbonyl (C=O) groups excluding carboxylic acids is 1. The van der Waals surface area contributed by atoms with E-state index in [4.69, 9.17) is 4.74 Å². The van der Waals surface area contributed by atoms with Gasteiger partial charge in [0.25, 0.3) is 11.6 Å². The Morgan fingerprint density at radius 1 is 1.20 bits per heavy atom. The summed E-state index contributed by atoms with van der Waals surface area (Å²) in [5.41, 5.74) is 0.227. The lowest BCUT2D eigenvalue weighted by Gasteiger charge is -2.18. The van der Waals surface area contributed by atoms with Gasteiger partial charge in [0.15, 0.2) is 6.61 Å². The Kier molecular flexibility index (Phi) is 6.14. The summed E-state index contributed by atoms with van der Waals surface area (Å²) in [4.78, 5) is 25.0. The van der Waals surface area contributed by atoms with Gasteiger partial charge in [0.05, 0.1) is 12.0 Å². The fourth-order valence-corrected chi connectivity index (χ4v) is 3.36. The molecule has 1 heterocycles. The molecule has 1 aliphatic heterocycles. The van der Waals surface area contributed by atoms with Crippen LogP contribution in [0.15, 0.2) is 42.5 Å². The van der Waals surface area contributed by atoms with Crippen LogP contribution in [-0.4, -0.2) is 48.7 Å². The average molecular weight is 424 g/mol. The van der Waals surface area contributed by atoms with Gasteiger partial charge in [0, 0.05) is 25.1 Å². The molecule has 10 heteroatoms. The third-order valence-corrected chi connectivity index (χ3v) is 4.86. The number of likely N-dealkylation sites (tertiary alicyclic amines) is 1. The predicted octanol–water partition coefficient (Wildman–Crippen LogP) is 4.17. The van der Waals surface area contributed by atoms with Gasteiger partial charge in [0.1, 0.15) is 17.1 Å². The smallest absolute Gasteiger partial charge is 0.422 e. The van der Waals surface area contributed by atoms with E-state index in [2.05, 4.69) is 4.74 Å². The van der Waals surface area contributed by atoms with Crippen LogP contribution in [0, 0.1) is 10.1 Å². The maximum atomic E-state index is 12.9. The molecule has 0 spiro atoms. The van der Waals surface area contributed by atoms with Gasteiger partial charge < -0.3 is 14.4 Å². The van der Waals surface area contributed by atoms with E-state index >= 15 is 0 Å². The number of carbonyl (C=O) groups is 1. The Bertz CT molecular complexity index is 931. The number of ether oxygens (including phenoxy) is 2. The van der Waals surface area contributed by atoms with Crippen molar-refractivity contribution in [3.8, 4) is 11.5 Å². The number of nitro groups is 1. The fourth-order valence-electron chi connectivity index (χ4n) is 3.36. The lowest BCUT2D eigenvalue weighted by atomic mass is 9.98. The van der Waals surface area contributed by atoms with Crippen LogP contribution in [0.1, 0.15) is 28.3 Å². The van der Waals surface area contributed by atoms with Gasteiger partial charge in [-0.2, -0.15) is 13.2 Å². The second-order valence-electron chi connectivity index (χ2n) is 6.85. The zero-order chi connectivity index (χ0) is 21.9. The highest BCUT2D eigenvalue weighted by Crippen LogP contribution is 2.32. The van der Waals surface area contributed by atoms with Crippen molar-refractivity contribution in [1.29, 1.82) is 0 Å². The third kappa shape index (κ3) is 5.00. The van der Waals surface area contributed by atoms with E-state index in [1.165, 1.54) is 4.90 Å². The normalized spacial score (nSPS) is 16.4. The van der Waals surface area contributed by atoms with Crippen LogP contribution in [0.4, 0.5) is 18.9 Å². The van der Waals surface area contributed by atoms with E-state index in [0.29, 0.717) is 25.3 Å². The van der Waals surface area contributed by atoms with Gasteiger partial charge in [-0.1, -0.05) is 12.1 Å². The summed E-state index contributed by atoms with van der Waals surface area (Å²) in [6.07, 6.45) is -3.90. The first kappa shape index (κ1) is 21.4. The molecule has 2 aromatic carbocycles. The number of rotatable bonds is 6. The van der Waals surface area contributed by atoms with Crippen molar-refractivity contribution < 1.29 is 32.4 Å². The lowest BCUT2D eigenvalue weighted by Crippen LogP contribution is -2.29. The van der Waals surface area contributed by atoms with Crippen molar-refractivity contribution in [1.82, 2.24) is 4.90 Å². The molecule has 7 nitrogen and oxygen atoms in total. The lowest BCUT2D eigenvalue weighted by molar-refractivity contribution is -0.385. The van der Waals surface area contributed by atoms with Crippen molar-refractivity contribution in [3.05, 3.63) is 63.7 Å². The number of benzene rings is 2. The number of amides is 1. The summed E-state index contributed by atoms with van der Waals surface area (Å²) in [7, 11) is 1.56. The molecular formula is C20H19F3N2O5. The number of alkyl halides is 3. The van der Waals surface area contributed by atoms with E-state index in [0.717, 1.165) is 23.8 Å². The molecule has 0 saturated carbocycles. The van der Waals surface area contributed by atoms with Gasteiger partial charge in [-0.15, -0.1) is 0 Å². The van der Waals surface area contributed by atoms with Crippen molar-refractivity contribution in [2.75, 3.05) is 26.8 Å². The summed E-state index contributed by atoms with van der Waals surface area (Å²) in [5, 5.41) is 11.3. The van der Waals surface area contributed by atoms with Crippen molar-refractivity contribution in [2.45, 2.75) is 18.5 Å². The van der Waals surface area contributed by atoms with Crippen LogP contribution in [0.25, 0.3) is 0 Å². The first-order valence-electron chi connectivity index (χ1n) is 9.09. The monoisotopic (exact) mass is 424 g/mol. The van der Waals surface area contributed by atoms with Crippen molar-refractivity contribution >= 4 is 11.6 Å². The van der Waals surface area contributed by atoms with E-state index in [1.807, 2.05) is 24.3 Å². The minimum atomic E-state index is -4.56. The molecule has 1 unspecified atom stereocenters. The summed E-state index contributed by atoms with van der Waals surface area (Å²) >= 11 is 0. The van der Waals surface area contributed by atoms with Gasteiger partial charge in [-0.05, 0) is 36.2 Å². The molecule has 0 N–H and O–H groups in total. The van der Waals surface area contributed by atoms with Crippen LogP contribution in [0.2, 0.25) is 0 Å². The molecule has 1 atom stereocenters. The summed E-state index contributed by atoms with van der Waals surface area (Å²) in [5.74, 6) is -0.123. The largest absolute Gasteiger partial charge is 0.497 e. The van der Waals surface area contributed by atoms with Gasteiger partial charge in [0.2, 0.25) is 0 Å². The first-order chi connectivity index (χ1) is 14.2. The zero-order valence-corrected chi connectivity index (χ0v) is 16.0. The van der Waals surface area contributed by atoms with Crippen LogP contribution < -0.4 is 9.47 Å². The molecule has 0 radical (unpaired) electrons. The summed E-state index contributed by atoms with van der Waals surface area (Å²) in [6, 6.07) is 10.4. The second-order valence-corrected chi connectivity index (χ2v) is 6.85. The van der Waals surface area contributed by atoms with Gasteiger partial charge in [-0.25, -0.2) is 0 Å². The van der Waals surface area contributed by atoms with Gasteiger partial charge in [-0.3, -0.25) is 14.9 Å². The molecule has 30 heavy (non-hydrogen) atoms. The Balaban J connectivity index is 1.78. The molecule has 1 fully saturated rings. The highest BCUT2D eigenvalue weighted by molar-refractivity contribution is 5.98. The molecule has 0 bridgehead atoms. The predicted molar refractivity (Wildman–Crippen MR) is 101 cm³/mol. The number of nitrogens with zero attached hydrogens (tertiary/aromatic N) is 2. The van der Waals surface area contributed by atoms with E-state index < -0.39 is 29.3 Å². The minimum absolute atomic E-state index is 0.0450. The Hall–Kier alpha value is -3.30. The molecule has 0 aromatic heterocycles. The number of nitro benzene ring substituents is 1. The molecule has 3 rings (SSSR count). The molecular weight excluding hydrogens is 405 g/mol. The quantitative estimate of drug-likeness (QED) is 0.513. The highest BCUT2D eigenvalue weighted by Gasteiger charge is 2.33. The average Bonchev–Trinajstić information content (AvgIpc) is 3.21. The Morgan fingerprint density at radius 2 is 1.87 bits per heavy atom. The van der Waals surface area contributed by atoms with Gasteiger partial charge >= 0.3 is 6.18 Å². The molecule has 2 aromatic rings. The summed E-state index contributed by atoms with van der Waals surface area (Å²) in [6.45, 7) is -0.835. The molecule has 1 aliphatic rings. The van der Waals surface area contributed by atoms with Crippen LogP contribution in [0.3, 0.4) is 0 Å². The second kappa shape index (κ2) is 8.60. The maximum absolute atomic E-state index is 12.9. The van der Waals surface area contributed by atoms with E-state index in [9.17, 15) is 28.1 Å². The van der Waals surface area contributed by atoms with Crippen molar-refractivity contribution in [3.63, 3.8) is 0 Å². The topological polar surface area (TPSA) is 81.9 Å². The minimum Gasteiger partial charge on any atom is -0.497 e. The molecule has 1 saturated heterocycles. The Labute approximate surface area is 170 Å². The number of methoxy groups -OCH3 is 1. The first-order valence-corrected chi connectivity index (χ1v) is 9.09. The zero-order valence-electron chi connectivity index (χ0n) is 16.0. The standard InChI is InChI=1S/C20H19F3N2O5/c1-29-15-4-2-13(3-5-15)14-8-9-24(11-14)19(26)17-10-16(30-12-20(21,22)23)6-7-18(17)25(27)28/h2-7,10,14H,8-9,11-12H2,1H3. The summed E-state index contributed by atoms with van der Waals surface area (Å²) < 4.78 is 46.9. The van der Waals surface area contributed by atoms with Crippen LogP contribution in [0.5, 0.6) is 11.5 Å². The number of hydrogen-bond acceptors (Lipinski definition) is 5. The van der Waals surface area contributed by atoms with Crippen molar-refractivity contribution in [2.24, 2.45) is 0 Å².